The summed E-state index contributed by atoms with van der Waals surface area (Å²) in [5.41, 5.74) is 2.39. The lowest BCUT2D eigenvalue weighted by atomic mass is 9.81. The van der Waals surface area contributed by atoms with Gasteiger partial charge in [0.25, 0.3) is 5.75 Å². The number of amides is 1. The maximum absolute atomic E-state index is 12.9. The molecule has 2 fully saturated rings. The first kappa shape index (κ1) is 22.5. The van der Waals surface area contributed by atoms with Gasteiger partial charge < -0.3 is 20.1 Å². The van der Waals surface area contributed by atoms with Crippen molar-refractivity contribution in [3.8, 4) is 5.75 Å². The van der Waals surface area contributed by atoms with Gasteiger partial charge in [-0.05, 0) is 43.7 Å². The first-order valence-electron chi connectivity index (χ1n) is 12.0. The average Bonchev–Trinajstić information content (AvgIpc) is 3.09. The third kappa shape index (κ3) is 4.52. The molecule has 1 aliphatic heterocycles. The van der Waals surface area contributed by atoms with E-state index < -0.39 is 0 Å². The van der Waals surface area contributed by atoms with Crippen LogP contribution < -0.4 is 15.9 Å². The Labute approximate surface area is 198 Å². The number of aromatic nitrogens is 3. The molecule has 0 atom stereocenters. The number of ether oxygens (including phenoxy) is 1. The van der Waals surface area contributed by atoms with Gasteiger partial charge in [0.1, 0.15) is 5.82 Å². The van der Waals surface area contributed by atoms with Crippen molar-refractivity contribution in [2.24, 2.45) is 18.9 Å². The molecule has 1 saturated heterocycles. The van der Waals surface area contributed by atoms with Crippen molar-refractivity contribution < 1.29 is 14.6 Å². The first-order valence-corrected chi connectivity index (χ1v) is 12.0. The van der Waals surface area contributed by atoms with Crippen LogP contribution in [0.15, 0.2) is 41.3 Å². The number of fused-ring (bicyclic) bond motifs is 1. The zero-order chi connectivity index (χ0) is 23.7. The largest absolute Gasteiger partial charge is 0.593 e. The fourth-order valence-corrected chi connectivity index (χ4v) is 5.16. The number of nitrogens with one attached hydrogen (secondary N) is 1. The third-order valence-electron chi connectivity index (χ3n) is 7.15. The van der Waals surface area contributed by atoms with Crippen LogP contribution in [-0.4, -0.2) is 51.4 Å². The molecule has 0 radical (unpaired) electrons. The number of pyridine rings is 1. The molecule has 1 amide bonds. The van der Waals surface area contributed by atoms with Crippen LogP contribution in [0.25, 0.3) is 11.0 Å². The van der Waals surface area contributed by atoms with E-state index in [1.165, 1.54) is 0 Å². The summed E-state index contributed by atoms with van der Waals surface area (Å²) in [4.78, 5) is 32.3. The van der Waals surface area contributed by atoms with Crippen molar-refractivity contribution in [2.45, 2.75) is 32.2 Å². The van der Waals surface area contributed by atoms with E-state index in [-0.39, 0.29) is 17.5 Å². The van der Waals surface area contributed by atoms with Crippen molar-refractivity contribution in [2.75, 3.05) is 36.5 Å². The summed E-state index contributed by atoms with van der Waals surface area (Å²) in [6.07, 6.45) is 5.15. The van der Waals surface area contributed by atoms with Crippen LogP contribution in [0.2, 0.25) is 0 Å². The monoisotopic (exact) mass is 466 g/mol. The molecule has 9 heteroatoms. The van der Waals surface area contributed by atoms with Gasteiger partial charge in [-0.25, -0.2) is 9.78 Å². The van der Waals surface area contributed by atoms with Crippen LogP contribution >= 0.6 is 0 Å². The van der Waals surface area contributed by atoms with Crippen LogP contribution in [0.3, 0.4) is 0 Å². The minimum absolute atomic E-state index is 0.0275. The van der Waals surface area contributed by atoms with Crippen LogP contribution in [0, 0.1) is 11.8 Å². The highest BCUT2D eigenvalue weighted by Crippen LogP contribution is 2.32. The van der Waals surface area contributed by atoms with Crippen LogP contribution in [-0.2, 0) is 23.1 Å². The van der Waals surface area contributed by atoms with E-state index in [9.17, 15) is 9.59 Å². The molecule has 2 aromatic heterocycles. The van der Waals surface area contributed by atoms with Crippen molar-refractivity contribution in [3.63, 3.8) is 0 Å². The Morgan fingerprint density at radius 2 is 1.88 bits per heavy atom. The van der Waals surface area contributed by atoms with Crippen LogP contribution in [0.4, 0.5) is 11.5 Å². The van der Waals surface area contributed by atoms with Crippen molar-refractivity contribution in [1.82, 2.24) is 14.1 Å². The number of carbonyl (C=O) groups excluding carboxylic acids is 1. The molecular weight excluding hydrogens is 434 g/mol. The fourth-order valence-electron chi connectivity index (χ4n) is 5.16. The first-order chi connectivity index (χ1) is 16.5. The van der Waals surface area contributed by atoms with Crippen LogP contribution in [0.5, 0.6) is 5.75 Å². The molecule has 0 bridgehead atoms. The summed E-state index contributed by atoms with van der Waals surface area (Å²) in [5, 5.41) is 11.0. The predicted molar refractivity (Wildman–Crippen MR) is 132 cm³/mol. The van der Waals surface area contributed by atoms with Gasteiger partial charge in [-0.1, -0.05) is 0 Å². The highest BCUT2D eigenvalue weighted by Gasteiger charge is 2.28. The van der Waals surface area contributed by atoms with E-state index in [1.54, 1.807) is 34.5 Å². The lowest BCUT2D eigenvalue weighted by molar-refractivity contribution is -0.121. The highest BCUT2D eigenvalue weighted by atomic mass is 16.5. The second-order valence-corrected chi connectivity index (χ2v) is 9.36. The van der Waals surface area contributed by atoms with Crippen molar-refractivity contribution in [3.05, 3.63) is 47.0 Å². The fraction of sp³-hybridized carbons (Fsp3) is 0.480. The standard InChI is InChI=1S/C25H31N5O4/c1-28-21-7-6-20(31)15-22(21)30(25(28)33)16-17-2-4-18(5-3-17)24(32)27-19-8-9-26-23(14-19)29-10-12-34-13-11-29/h6-9,14-15,17-18,31H,2-5,10-13,16H2,1H3,(H,26,27,32)/p+1. The number of morpholine rings is 1. The molecule has 180 valence electrons. The van der Waals surface area contributed by atoms with E-state index in [4.69, 9.17) is 9.84 Å². The van der Waals surface area contributed by atoms with E-state index in [0.717, 1.165) is 61.3 Å². The van der Waals surface area contributed by atoms with E-state index >= 15 is 0 Å². The second kappa shape index (κ2) is 9.50. The molecule has 1 aliphatic carbocycles. The van der Waals surface area contributed by atoms with Crippen molar-refractivity contribution >= 4 is 28.4 Å². The topological polar surface area (TPSA) is 104 Å². The Morgan fingerprint density at radius 3 is 2.65 bits per heavy atom. The Bertz CT molecular complexity index is 1240. The number of hydrogen-bond acceptors (Lipinski definition) is 5. The van der Waals surface area contributed by atoms with Crippen LogP contribution in [0.1, 0.15) is 25.7 Å². The summed E-state index contributed by atoms with van der Waals surface area (Å²) in [6.45, 7) is 3.61. The van der Waals surface area contributed by atoms with Gasteiger partial charge in [0.05, 0.1) is 30.3 Å². The molecule has 3 aromatic rings. The lowest BCUT2D eigenvalue weighted by Crippen LogP contribution is -2.36. The molecule has 9 nitrogen and oxygen atoms in total. The summed E-state index contributed by atoms with van der Waals surface area (Å²) in [7, 11) is 1.77. The zero-order valence-corrected chi connectivity index (χ0v) is 19.5. The zero-order valence-electron chi connectivity index (χ0n) is 19.5. The highest BCUT2D eigenvalue weighted by molar-refractivity contribution is 5.92. The summed E-state index contributed by atoms with van der Waals surface area (Å²) in [6, 6.07) is 9.07. The second-order valence-electron chi connectivity index (χ2n) is 9.36. The Balaban J connectivity index is 1.20. The minimum Gasteiger partial charge on any atom is -0.593 e. The minimum atomic E-state index is -0.0470. The van der Waals surface area contributed by atoms with Gasteiger partial charge in [0, 0.05) is 56.6 Å². The maximum Gasteiger partial charge on any atom is 0.328 e. The average molecular weight is 467 g/mol. The molecule has 5 rings (SSSR count). The van der Waals surface area contributed by atoms with Gasteiger partial charge in [-0.2, -0.15) is 0 Å². The molecule has 2 aliphatic rings. The van der Waals surface area contributed by atoms with Crippen molar-refractivity contribution in [1.29, 1.82) is 0 Å². The molecule has 1 saturated carbocycles. The molecule has 3 heterocycles. The molecule has 0 unspecified atom stereocenters. The summed E-state index contributed by atoms with van der Waals surface area (Å²) >= 11 is 0. The number of imidazole rings is 1. The number of rotatable bonds is 5. The Morgan fingerprint density at radius 1 is 1.12 bits per heavy atom. The normalized spacial score (nSPS) is 21.0. The number of hydrogen-bond donors (Lipinski definition) is 1. The molecule has 3 N–H and O–H groups in total. The van der Waals surface area contributed by atoms with E-state index in [0.29, 0.717) is 31.4 Å². The predicted octanol–water partition coefficient (Wildman–Crippen LogP) is 2.45. The van der Waals surface area contributed by atoms with Gasteiger partial charge in [0.15, 0.2) is 0 Å². The third-order valence-corrected chi connectivity index (χ3v) is 7.15. The summed E-state index contributed by atoms with van der Waals surface area (Å²) < 4.78 is 8.85. The van der Waals surface area contributed by atoms with Gasteiger partial charge in [-0.15, -0.1) is 0 Å². The number of aryl methyl sites for hydroxylation is 1. The lowest BCUT2D eigenvalue weighted by Gasteiger charge is -2.29. The maximum atomic E-state index is 12.9. The number of benzene rings is 1. The SMILES string of the molecule is Cn1c(=O)n(CC2CCC(C(=O)Nc3ccnc(N4CCOCC4)c3)CC2)c2cc([OH2+])ccc21. The smallest absolute Gasteiger partial charge is 0.328 e. The Kier molecular flexibility index (Phi) is 6.28. The molecule has 0 spiro atoms. The van der Waals surface area contributed by atoms with E-state index in [1.807, 2.05) is 18.2 Å². The number of nitrogens with zero attached hydrogens (tertiary/aromatic N) is 4. The van der Waals surface area contributed by atoms with Gasteiger partial charge in [-0.3, -0.25) is 13.9 Å². The summed E-state index contributed by atoms with van der Waals surface area (Å²) in [5.74, 6) is 1.64. The Hall–Kier alpha value is -3.33. The molecule has 34 heavy (non-hydrogen) atoms. The number of carbonyl (C=O) groups is 1. The molecular formula is C25H32N5O4+. The molecule has 1 aromatic carbocycles. The quantitative estimate of drug-likeness (QED) is 0.582. The van der Waals surface area contributed by atoms with Gasteiger partial charge in [0.2, 0.25) is 5.91 Å². The number of anilines is 2. The van der Waals surface area contributed by atoms with E-state index in [2.05, 4.69) is 15.2 Å². The van der Waals surface area contributed by atoms with Gasteiger partial charge >= 0.3 is 5.69 Å².